The number of benzene rings is 2. The number of ether oxygens (including phenoxy) is 1. The molecule has 0 atom stereocenters. The molecule has 3 rings (SSSR count). The van der Waals surface area contributed by atoms with Crippen LogP contribution in [0, 0.1) is 5.82 Å². The molecule has 0 radical (unpaired) electrons. The van der Waals surface area contributed by atoms with Crippen molar-refractivity contribution >= 4 is 6.29 Å². The Hall–Kier alpha value is -2.16. The molecule has 1 aliphatic heterocycles. The summed E-state index contributed by atoms with van der Waals surface area (Å²) in [6, 6.07) is 10.0. The summed E-state index contributed by atoms with van der Waals surface area (Å²) < 4.78 is 19.8. The highest BCUT2D eigenvalue weighted by atomic mass is 19.1. The molecule has 2 aromatic carbocycles. The van der Waals surface area contributed by atoms with E-state index in [2.05, 4.69) is 0 Å². The SMILES string of the molecule is CC1(C)Cc2cc(-c3cc(C=O)ccc3F)ccc2O1. The molecular weight excluding hydrogens is 255 g/mol. The first-order valence-electron chi connectivity index (χ1n) is 6.55. The fourth-order valence-electron chi connectivity index (χ4n) is 2.61. The van der Waals surface area contributed by atoms with Crippen molar-refractivity contribution in [3.63, 3.8) is 0 Å². The molecule has 102 valence electrons. The molecule has 0 N–H and O–H groups in total. The van der Waals surface area contributed by atoms with Gasteiger partial charge < -0.3 is 4.74 Å². The smallest absolute Gasteiger partial charge is 0.150 e. The Kier molecular flexibility index (Phi) is 2.85. The maximum atomic E-state index is 13.9. The monoisotopic (exact) mass is 270 g/mol. The maximum Gasteiger partial charge on any atom is 0.150 e. The molecular formula is C17H15FO2. The fraction of sp³-hybridized carbons (Fsp3) is 0.235. The van der Waals surface area contributed by atoms with E-state index in [1.54, 1.807) is 6.07 Å². The fourth-order valence-corrected chi connectivity index (χ4v) is 2.61. The Morgan fingerprint density at radius 1 is 1.20 bits per heavy atom. The van der Waals surface area contributed by atoms with Crippen LogP contribution >= 0.6 is 0 Å². The third-order valence-corrected chi connectivity index (χ3v) is 3.50. The first kappa shape index (κ1) is 12.9. The van der Waals surface area contributed by atoms with Crippen molar-refractivity contribution in [1.82, 2.24) is 0 Å². The molecule has 0 aromatic heterocycles. The Balaban J connectivity index is 2.07. The van der Waals surface area contributed by atoms with Crippen LogP contribution in [0.15, 0.2) is 36.4 Å². The zero-order valence-corrected chi connectivity index (χ0v) is 11.4. The van der Waals surface area contributed by atoms with Crippen molar-refractivity contribution in [2.75, 3.05) is 0 Å². The number of carbonyl (C=O) groups is 1. The van der Waals surface area contributed by atoms with Gasteiger partial charge in [-0.25, -0.2) is 4.39 Å². The molecule has 0 aliphatic carbocycles. The molecule has 0 saturated carbocycles. The molecule has 0 fully saturated rings. The van der Waals surface area contributed by atoms with E-state index < -0.39 is 0 Å². The van der Waals surface area contributed by atoms with Gasteiger partial charge in [0.1, 0.15) is 23.5 Å². The summed E-state index contributed by atoms with van der Waals surface area (Å²) >= 11 is 0. The molecule has 3 heteroatoms. The van der Waals surface area contributed by atoms with Crippen LogP contribution in [0.2, 0.25) is 0 Å². The summed E-state index contributed by atoms with van der Waals surface area (Å²) in [5.41, 5.74) is 2.54. The van der Waals surface area contributed by atoms with Gasteiger partial charge in [0.15, 0.2) is 0 Å². The number of rotatable bonds is 2. The number of fused-ring (bicyclic) bond motifs is 1. The second-order valence-corrected chi connectivity index (χ2v) is 5.72. The van der Waals surface area contributed by atoms with Crippen molar-refractivity contribution in [2.24, 2.45) is 0 Å². The molecule has 0 bridgehead atoms. The largest absolute Gasteiger partial charge is 0.487 e. The van der Waals surface area contributed by atoms with Crippen molar-refractivity contribution in [3.8, 4) is 16.9 Å². The van der Waals surface area contributed by atoms with Crippen LogP contribution in [0.4, 0.5) is 4.39 Å². The lowest BCUT2D eigenvalue weighted by atomic mass is 9.97. The van der Waals surface area contributed by atoms with Gasteiger partial charge in [0, 0.05) is 17.5 Å². The van der Waals surface area contributed by atoms with Gasteiger partial charge in [-0.2, -0.15) is 0 Å². The van der Waals surface area contributed by atoms with E-state index in [1.807, 2.05) is 32.0 Å². The highest BCUT2D eigenvalue weighted by Crippen LogP contribution is 2.37. The van der Waals surface area contributed by atoms with Crippen molar-refractivity contribution < 1.29 is 13.9 Å². The summed E-state index contributed by atoms with van der Waals surface area (Å²) in [5.74, 6) is 0.527. The van der Waals surface area contributed by atoms with Crippen LogP contribution < -0.4 is 4.74 Å². The average molecular weight is 270 g/mol. The molecule has 0 spiro atoms. The second-order valence-electron chi connectivity index (χ2n) is 5.72. The highest BCUT2D eigenvalue weighted by molar-refractivity contribution is 5.79. The quantitative estimate of drug-likeness (QED) is 0.770. The average Bonchev–Trinajstić information content (AvgIpc) is 2.72. The van der Waals surface area contributed by atoms with Crippen molar-refractivity contribution in [3.05, 3.63) is 53.3 Å². The number of halogens is 1. The van der Waals surface area contributed by atoms with Gasteiger partial charge in [-0.15, -0.1) is 0 Å². The lowest BCUT2D eigenvalue weighted by Gasteiger charge is -2.16. The minimum Gasteiger partial charge on any atom is -0.487 e. The lowest BCUT2D eigenvalue weighted by Crippen LogP contribution is -2.24. The summed E-state index contributed by atoms with van der Waals surface area (Å²) in [6.07, 6.45) is 1.52. The van der Waals surface area contributed by atoms with Gasteiger partial charge in [0.05, 0.1) is 0 Å². The van der Waals surface area contributed by atoms with Gasteiger partial charge in [0.2, 0.25) is 0 Å². The standard InChI is InChI=1S/C17H15FO2/c1-17(2)9-13-8-12(4-6-16(13)20-17)14-7-11(10-19)3-5-15(14)18/h3-8,10H,9H2,1-2H3. The highest BCUT2D eigenvalue weighted by Gasteiger charge is 2.30. The Morgan fingerprint density at radius 2 is 2.00 bits per heavy atom. The molecule has 2 nitrogen and oxygen atoms in total. The van der Waals surface area contributed by atoms with E-state index in [-0.39, 0.29) is 11.4 Å². The molecule has 20 heavy (non-hydrogen) atoms. The first-order valence-corrected chi connectivity index (χ1v) is 6.55. The van der Waals surface area contributed by atoms with E-state index in [0.29, 0.717) is 11.1 Å². The van der Waals surface area contributed by atoms with E-state index in [9.17, 15) is 9.18 Å². The summed E-state index contributed by atoms with van der Waals surface area (Å²) in [7, 11) is 0. The summed E-state index contributed by atoms with van der Waals surface area (Å²) in [6.45, 7) is 4.06. The second kappa shape index (κ2) is 4.44. The predicted molar refractivity (Wildman–Crippen MR) is 75.6 cm³/mol. The first-order chi connectivity index (χ1) is 9.48. The normalized spacial score (nSPS) is 15.6. The van der Waals surface area contributed by atoms with E-state index in [1.165, 1.54) is 12.1 Å². The number of carbonyl (C=O) groups excluding carboxylic acids is 1. The third kappa shape index (κ3) is 2.20. The predicted octanol–water partition coefficient (Wildman–Crippen LogP) is 4.02. The van der Waals surface area contributed by atoms with Crippen LogP contribution in [-0.4, -0.2) is 11.9 Å². The number of aldehydes is 1. The summed E-state index contributed by atoms with van der Waals surface area (Å²) in [4.78, 5) is 10.8. The van der Waals surface area contributed by atoms with E-state index in [4.69, 9.17) is 4.74 Å². The van der Waals surface area contributed by atoms with Crippen LogP contribution in [0.25, 0.3) is 11.1 Å². The molecule has 0 unspecified atom stereocenters. The van der Waals surface area contributed by atoms with Crippen LogP contribution in [0.5, 0.6) is 5.75 Å². The van der Waals surface area contributed by atoms with E-state index >= 15 is 0 Å². The van der Waals surface area contributed by atoms with Crippen LogP contribution in [-0.2, 0) is 6.42 Å². The third-order valence-electron chi connectivity index (χ3n) is 3.50. The maximum absolute atomic E-state index is 13.9. The molecule has 1 aliphatic rings. The number of hydrogen-bond donors (Lipinski definition) is 0. The Bertz CT molecular complexity index is 689. The Morgan fingerprint density at radius 3 is 2.75 bits per heavy atom. The molecule has 1 heterocycles. The number of hydrogen-bond acceptors (Lipinski definition) is 2. The minimum atomic E-state index is -0.325. The van der Waals surface area contributed by atoms with Crippen molar-refractivity contribution in [2.45, 2.75) is 25.9 Å². The van der Waals surface area contributed by atoms with Gasteiger partial charge in [0.25, 0.3) is 0 Å². The topological polar surface area (TPSA) is 26.3 Å². The minimum absolute atomic E-state index is 0.218. The zero-order valence-electron chi connectivity index (χ0n) is 11.4. The van der Waals surface area contributed by atoms with Crippen LogP contribution in [0.3, 0.4) is 0 Å². The zero-order chi connectivity index (χ0) is 14.3. The molecule has 2 aromatic rings. The molecule has 0 saturated heterocycles. The lowest BCUT2D eigenvalue weighted by molar-refractivity contribution is 0.112. The van der Waals surface area contributed by atoms with Crippen molar-refractivity contribution in [1.29, 1.82) is 0 Å². The molecule has 0 amide bonds. The van der Waals surface area contributed by atoms with Gasteiger partial charge in [-0.3, -0.25) is 4.79 Å². The van der Waals surface area contributed by atoms with Crippen LogP contribution in [0.1, 0.15) is 29.8 Å². The van der Waals surface area contributed by atoms with E-state index in [0.717, 1.165) is 29.6 Å². The van der Waals surface area contributed by atoms with Gasteiger partial charge in [-0.1, -0.05) is 6.07 Å². The Labute approximate surface area is 117 Å². The summed E-state index contributed by atoms with van der Waals surface area (Å²) in [5, 5.41) is 0. The van der Waals surface area contributed by atoms with Gasteiger partial charge in [-0.05, 0) is 55.3 Å². The van der Waals surface area contributed by atoms with Gasteiger partial charge >= 0.3 is 0 Å².